The largest absolute Gasteiger partial charge is 1.00 e. The molecule has 1 rings (SSSR count). The van der Waals surface area contributed by atoms with Crippen LogP contribution in [0.5, 0.6) is 0 Å². The maximum Gasteiger partial charge on any atom is 1.00 e. The topological polar surface area (TPSA) is 0 Å². The normalized spacial score (nSPS) is 14.8. The quantitative estimate of drug-likeness (QED) is 0.0913. The second-order valence-corrected chi connectivity index (χ2v) is 5.19. The van der Waals surface area contributed by atoms with Crippen molar-refractivity contribution in [3.05, 3.63) is 51.9 Å². The average Bonchev–Trinajstić information content (AvgIpc) is 2.52. The third-order valence-electron chi connectivity index (χ3n) is 3.08. The minimum Gasteiger partial charge on any atom is -0.203 e. The molecule has 0 aromatic heterocycles. The molecule has 1 aromatic rings. The minimum atomic E-state index is -7.12. The molecular weight excluding hydrogens is 555 g/mol. The Morgan fingerprint density at radius 1 is 0.500 bits per heavy atom. The first-order chi connectivity index (χ1) is 13.5. The number of halogens is 17. The van der Waals surface area contributed by atoms with Gasteiger partial charge in [-0.2, -0.15) is 58.8 Å². The van der Waals surface area contributed by atoms with Gasteiger partial charge in [0.1, 0.15) is 0 Å². The summed E-state index contributed by atoms with van der Waals surface area (Å²) in [6, 6.07) is 0. The van der Waals surface area contributed by atoms with Crippen LogP contribution in [-0.2, 0) is 17.1 Å². The summed E-state index contributed by atoms with van der Waals surface area (Å²) in [5.74, 6) is -17.2. The molecule has 0 spiro atoms. The average molecular weight is 555 g/mol. The second kappa shape index (κ2) is 9.11. The molecule has 0 N–H and O–H groups in total. The van der Waals surface area contributed by atoms with Crippen LogP contribution in [0.3, 0.4) is 0 Å². The second-order valence-electron chi connectivity index (χ2n) is 5.19. The summed E-state index contributed by atoms with van der Waals surface area (Å²) in [4.78, 5) is 0. The summed E-state index contributed by atoms with van der Waals surface area (Å²) < 4.78 is 221. The van der Waals surface area contributed by atoms with Crippen molar-refractivity contribution in [1.29, 1.82) is 0 Å². The van der Waals surface area contributed by atoms with Gasteiger partial charge in [-0.05, 0) is 5.57 Å². The Balaban J connectivity index is 0.00000961. The summed E-state index contributed by atoms with van der Waals surface area (Å²) in [7, 11) is 0. The van der Waals surface area contributed by atoms with Crippen molar-refractivity contribution in [1.82, 2.24) is 0 Å². The molecule has 0 nitrogen and oxygen atoms in total. The van der Waals surface area contributed by atoms with Crippen molar-refractivity contribution in [2.45, 2.75) is 24.7 Å². The summed E-state index contributed by atoms with van der Waals surface area (Å²) in [5.41, 5.74) is -16.5. The van der Waals surface area contributed by atoms with E-state index in [9.17, 15) is 74.6 Å². The van der Waals surface area contributed by atoms with Gasteiger partial charge in [-0.15, -0.1) is 0 Å². The Bertz CT molecular complexity index is 894. The van der Waals surface area contributed by atoms with Crippen LogP contribution in [0.4, 0.5) is 74.6 Å². The number of alkyl halides is 12. The van der Waals surface area contributed by atoms with Crippen LogP contribution in [0.15, 0.2) is 11.1 Å². The van der Waals surface area contributed by atoms with Gasteiger partial charge in [0, 0.05) is 5.56 Å². The molecule has 1 aromatic carbocycles. The molecule has 0 bridgehead atoms. The molecule has 186 valence electrons. The van der Waals surface area contributed by atoms with Crippen molar-refractivity contribution < 1.29 is 91.7 Å². The Morgan fingerprint density at radius 2 is 0.844 bits per heavy atom. The molecule has 0 radical (unpaired) electrons. The molecule has 0 aliphatic heterocycles. The van der Waals surface area contributed by atoms with Crippen molar-refractivity contribution in [3.63, 3.8) is 0 Å². The van der Waals surface area contributed by atoms with E-state index in [-0.39, 0.29) is 17.1 Å². The molecule has 18 heteroatoms. The van der Waals surface area contributed by atoms with Crippen LogP contribution in [0, 0.1) is 35.2 Å². The SMILES string of the molecule is Fc1c(F)c(F)c(/C(=C(\C(=[C-]C(F)(F)F)C(F)(F)F)C(F)(F)F)C(F)(F)F)c(F)c1F.[Cu+]. The number of allylic oxidation sites excluding steroid dienone is 4. The predicted octanol–water partition coefficient (Wildman–Crippen LogP) is 7.11. The molecule has 0 saturated heterocycles. The maximum absolute atomic E-state index is 13.7. The molecule has 32 heavy (non-hydrogen) atoms. The van der Waals surface area contributed by atoms with E-state index in [0.29, 0.717) is 0 Å². The van der Waals surface area contributed by atoms with E-state index in [1.165, 1.54) is 0 Å². The van der Waals surface area contributed by atoms with Gasteiger partial charge in [-0.1, -0.05) is 11.1 Å². The van der Waals surface area contributed by atoms with Crippen LogP contribution in [0.2, 0.25) is 0 Å². The standard InChI is InChI=1S/C14F17.Cu/c15-6-3(7(16)9(18)10(19)8(6)17)5(14(29,30)31)4(13(26,27)28)2(12(23,24)25)1-11(20,21)22;/q-1;+1/b5-4-;. The molecule has 0 unspecified atom stereocenters. The fraction of sp³-hybridized carbons (Fsp3) is 0.286. The van der Waals surface area contributed by atoms with E-state index < -0.39 is 82.2 Å². The van der Waals surface area contributed by atoms with Crippen molar-refractivity contribution >= 4 is 5.57 Å². The first kappa shape index (κ1) is 30.0. The van der Waals surface area contributed by atoms with Gasteiger partial charge in [0.2, 0.25) is 5.82 Å². The summed E-state index contributed by atoms with van der Waals surface area (Å²) in [5, 5.41) is 0. The van der Waals surface area contributed by atoms with E-state index >= 15 is 0 Å². The molecule has 0 atom stereocenters. The van der Waals surface area contributed by atoms with Crippen LogP contribution in [0.25, 0.3) is 5.57 Å². The first-order valence-corrected chi connectivity index (χ1v) is 6.71. The van der Waals surface area contributed by atoms with E-state index in [1.807, 2.05) is 0 Å². The predicted molar refractivity (Wildman–Crippen MR) is 64.1 cm³/mol. The molecule has 0 fully saturated rings. The molecule has 0 amide bonds. The number of hydrogen-bond donors (Lipinski definition) is 0. The van der Waals surface area contributed by atoms with Gasteiger partial charge in [0.15, 0.2) is 23.3 Å². The zero-order valence-corrected chi connectivity index (χ0v) is 14.7. The molecule has 0 saturated carbocycles. The van der Waals surface area contributed by atoms with E-state index in [0.717, 1.165) is 0 Å². The first-order valence-electron chi connectivity index (χ1n) is 6.71. The fourth-order valence-corrected chi connectivity index (χ4v) is 2.06. The van der Waals surface area contributed by atoms with Gasteiger partial charge >= 0.3 is 41.8 Å². The molecule has 0 aliphatic carbocycles. The third kappa shape index (κ3) is 6.30. The smallest absolute Gasteiger partial charge is 0.203 e. The Kier molecular flexibility index (Phi) is 8.55. The summed E-state index contributed by atoms with van der Waals surface area (Å²) in [6.45, 7) is 0. The van der Waals surface area contributed by atoms with Crippen LogP contribution < -0.4 is 0 Å². The van der Waals surface area contributed by atoms with Crippen molar-refractivity contribution in [3.8, 4) is 0 Å². The number of benzene rings is 1. The maximum atomic E-state index is 13.7. The summed E-state index contributed by atoms with van der Waals surface area (Å²) >= 11 is 0. The van der Waals surface area contributed by atoms with Gasteiger partial charge in [0.25, 0.3) is 0 Å². The number of rotatable bonds is 2. The van der Waals surface area contributed by atoms with E-state index in [4.69, 9.17) is 0 Å². The van der Waals surface area contributed by atoms with Gasteiger partial charge < -0.3 is 0 Å². The Hall–Kier alpha value is -1.97. The van der Waals surface area contributed by atoms with Gasteiger partial charge in [-0.25, -0.2) is 22.0 Å². The Labute approximate surface area is 174 Å². The van der Waals surface area contributed by atoms with Crippen LogP contribution >= 0.6 is 0 Å². The van der Waals surface area contributed by atoms with Crippen LogP contribution in [-0.4, -0.2) is 24.7 Å². The zero-order chi connectivity index (χ0) is 24.9. The van der Waals surface area contributed by atoms with E-state index in [1.54, 1.807) is 0 Å². The molecular formula is C14CuF17. The van der Waals surface area contributed by atoms with Crippen molar-refractivity contribution in [2.75, 3.05) is 0 Å². The van der Waals surface area contributed by atoms with Crippen molar-refractivity contribution in [2.24, 2.45) is 0 Å². The zero-order valence-electron chi connectivity index (χ0n) is 13.7. The molecule has 0 aliphatic rings. The minimum absolute atomic E-state index is 0. The van der Waals surface area contributed by atoms with Gasteiger partial charge in [0.05, 0.1) is 0 Å². The van der Waals surface area contributed by atoms with Gasteiger partial charge in [-0.3, -0.25) is 0 Å². The third-order valence-corrected chi connectivity index (χ3v) is 3.08. The Morgan fingerprint density at radius 3 is 1.09 bits per heavy atom. The number of hydrogen-bond acceptors (Lipinski definition) is 0. The molecule has 0 heterocycles. The van der Waals surface area contributed by atoms with E-state index in [2.05, 4.69) is 0 Å². The van der Waals surface area contributed by atoms with Crippen LogP contribution in [0.1, 0.15) is 5.56 Å². The summed E-state index contributed by atoms with van der Waals surface area (Å²) in [6.07, 6.45) is -28.5. The fourth-order valence-electron chi connectivity index (χ4n) is 2.06. The monoisotopic (exact) mass is 554 g/mol.